The number of carbonyl (C=O) groups excluding carboxylic acids is 2. The zero-order valence-electron chi connectivity index (χ0n) is 17.7. The third-order valence-corrected chi connectivity index (χ3v) is 6.53. The van der Waals surface area contributed by atoms with Gasteiger partial charge in [0.1, 0.15) is 0 Å². The van der Waals surface area contributed by atoms with Crippen LogP contribution in [0.1, 0.15) is 66.9 Å². The first-order valence-electron chi connectivity index (χ1n) is 11.3. The maximum Gasteiger partial charge on any atom is 0.255 e. The molecule has 1 aliphatic carbocycles. The van der Waals surface area contributed by atoms with Crippen LogP contribution < -0.4 is 5.32 Å². The van der Waals surface area contributed by atoms with E-state index in [0.717, 1.165) is 35.2 Å². The minimum Gasteiger partial charge on any atom is -0.338 e. The summed E-state index contributed by atoms with van der Waals surface area (Å²) >= 11 is 0. The Balaban J connectivity index is 1.30. The van der Waals surface area contributed by atoms with Gasteiger partial charge >= 0.3 is 0 Å². The maximum absolute atomic E-state index is 12.8. The molecule has 6 nitrogen and oxygen atoms in total. The minimum atomic E-state index is -0.152. The van der Waals surface area contributed by atoms with Crippen LogP contribution in [-0.2, 0) is 11.3 Å². The number of likely N-dealkylation sites (tertiary alicyclic amines) is 1. The Labute approximate surface area is 182 Å². The van der Waals surface area contributed by atoms with Crippen LogP contribution in [0, 0.1) is 0 Å². The number of fused-ring (bicyclic) bond motifs is 1. The second-order valence-corrected chi connectivity index (χ2v) is 8.72. The van der Waals surface area contributed by atoms with Crippen LogP contribution in [-0.4, -0.2) is 32.8 Å². The Bertz CT molecular complexity index is 1110. The Morgan fingerprint density at radius 2 is 1.94 bits per heavy atom. The summed E-state index contributed by atoms with van der Waals surface area (Å²) in [6, 6.07) is 14.0. The van der Waals surface area contributed by atoms with Gasteiger partial charge < -0.3 is 14.8 Å². The zero-order chi connectivity index (χ0) is 21.2. The van der Waals surface area contributed by atoms with Gasteiger partial charge in [0.25, 0.3) is 5.91 Å². The van der Waals surface area contributed by atoms with Crippen molar-refractivity contribution in [3.05, 3.63) is 59.9 Å². The minimum absolute atomic E-state index is 0.152. The summed E-state index contributed by atoms with van der Waals surface area (Å²) in [7, 11) is 0. The predicted octanol–water partition coefficient (Wildman–Crippen LogP) is 4.92. The number of amides is 2. The quantitative estimate of drug-likeness (QED) is 0.642. The lowest BCUT2D eigenvalue weighted by molar-refractivity contribution is -0.128. The van der Waals surface area contributed by atoms with E-state index >= 15 is 0 Å². The molecule has 3 aromatic rings. The van der Waals surface area contributed by atoms with Crippen LogP contribution in [0.25, 0.3) is 11.0 Å². The van der Waals surface area contributed by atoms with Gasteiger partial charge in [-0.1, -0.05) is 31.4 Å². The zero-order valence-corrected chi connectivity index (χ0v) is 17.7. The average Bonchev–Trinajstić information content (AvgIpc) is 3.40. The van der Waals surface area contributed by atoms with Gasteiger partial charge in [-0.3, -0.25) is 9.59 Å². The summed E-state index contributed by atoms with van der Waals surface area (Å²) in [5.41, 5.74) is 4.35. The van der Waals surface area contributed by atoms with Crippen LogP contribution in [0.4, 0.5) is 5.69 Å². The molecule has 2 aliphatic rings. The van der Waals surface area contributed by atoms with Crippen molar-refractivity contribution in [2.45, 2.75) is 57.5 Å². The van der Waals surface area contributed by atoms with Gasteiger partial charge in [0, 0.05) is 36.8 Å². The highest BCUT2D eigenvalue weighted by molar-refractivity contribution is 6.05. The topological polar surface area (TPSA) is 67.2 Å². The number of nitrogens with one attached hydrogen (secondary N) is 1. The molecule has 0 atom stereocenters. The monoisotopic (exact) mass is 416 g/mol. The first-order chi connectivity index (χ1) is 15.2. The number of carbonyl (C=O) groups is 2. The van der Waals surface area contributed by atoms with Gasteiger partial charge in [-0.15, -0.1) is 0 Å². The van der Waals surface area contributed by atoms with Crippen LogP contribution in [0.3, 0.4) is 0 Å². The largest absolute Gasteiger partial charge is 0.338 e. The Hall–Kier alpha value is -3.15. The van der Waals surface area contributed by atoms with E-state index in [1.54, 1.807) is 6.07 Å². The lowest BCUT2D eigenvalue weighted by Crippen LogP contribution is -2.24. The molecule has 5 rings (SSSR count). The van der Waals surface area contributed by atoms with Crippen molar-refractivity contribution in [1.29, 1.82) is 0 Å². The van der Waals surface area contributed by atoms with Crippen molar-refractivity contribution in [2.75, 3.05) is 11.9 Å². The Morgan fingerprint density at radius 1 is 1.06 bits per heavy atom. The summed E-state index contributed by atoms with van der Waals surface area (Å²) in [6.07, 6.45) is 9.79. The van der Waals surface area contributed by atoms with Gasteiger partial charge in [0.2, 0.25) is 5.91 Å². The van der Waals surface area contributed by atoms with Gasteiger partial charge in [-0.2, -0.15) is 0 Å². The van der Waals surface area contributed by atoms with Gasteiger partial charge in [0.05, 0.1) is 17.4 Å². The smallest absolute Gasteiger partial charge is 0.255 e. The van der Waals surface area contributed by atoms with Crippen LogP contribution in [0.15, 0.2) is 48.8 Å². The molecular formula is C25H28N4O2. The molecule has 2 heterocycles. The fourth-order valence-corrected chi connectivity index (χ4v) is 4.87. The van der Waals surface area contributed by atoms with E-state index in [1.807, 2.05) is 41.6 Å². The number of aromatic nitrogens is 2. The van der Waals surface area contributed by atoms with Crippen molar-refractivity contribution in [3.8, 4) is 0 Å². The van der Waals surface area contributed by atoms with Crippen molar-refractivity contribution < 1.29 is 9.59 Å². The number of imidazole rings is 1. The second-order valence-electron chi connectivity index (χ2n) is 8.72. The molecule has 2 fully saturated rings. The van der Waals surface area contributed by atoms with E-state index in [9.17, 15) is 9.59 Å². The molecule has 31 heavy (non-hydrogen) atoms. The molecule has 1 aliphatic heterocycles. The summed E-state index contributed by atoms with van der Waals surface area (Å²) in [6.45, 7) is 1.35. The molecule has 2 amide bonds. The van der Waals surface area contributed by atoms with Gasteiger partial charge in [0.15, 0.2) is 0 Å². The van der Waals surface area contributed by atoms with E-state index in [1.165, 1.54) is 32.1 Å². The lowest BCUT2D eigenvalue weighted by Gasteiger charge is -2.23. The molecular weight excluding hydrogens is 388 g/mol. The lowest BCUT2D eigenvalue weighted by atomic mass is 9.95. The number of anilines is 1. The fourth-order valence-electron chi connectivity index (χ4n) is 4.87. The van der Waals surface area contributed by atoms with E-state index in [0.29, 0.717) is 24.6 Å². The first-order valence-corrected chi connectivity index (χ1v) is 11.3. The third kappa shape index (κ3) is 4.20. The van der Waals surface area contributed by atoms with Gasteiger partial charge in [-0.05, 0) is 55.2 Å². The van der Waals surface area contributed by atoms with Crippen molar-refractivity contribution in [2.24, 2.45) is 0 Å². The summed E-state index contributed by atoms with van der Waals surface area (Å²) in [5, 5.41) is 3.00. The molecule has 0 spiro atoms. The summed E-state index contributed by atoms with van der Waals surface area (Å²) in [4.78, 5) is 31.2. The van der Waals surface area contributed by atoms with Crippen molar-refractivity contribution in [1.82, 2.24) is 14.5 Å². The second kappa shape index (κ2) is 8.53. The van der Waals surface area contributed by atoms with E-state index < -0.39 is 0 Å². The number of benzene rings is 2. The predicted molar refractivity (Wildman–Crippen MR) is 121 cm³/mol. The summed E-state index contributed by atoms with van der Waals surface area (Å²) < 4.78 is 2.29. The normalized spacial score (nSPS) is 17.4. The van der Waals surface area contributed by atoms with Crippen LogP contribution in [0.2, 0.25) is 0 Å². The number of hydrogen-bond acceptors (Lipinski definition) is 3. The molecule has 0 radical (unpaired) electrons. The number of nitrogens with zero attached hydrogens (tertiary/aromatic N) is 3. The molecule has 160 valence electrons. The summed E-state index contributed by atoms with van der Waals surface area (Å²) in [5.74, 6) is 0.0384. The van der Waals surface area contributed by atoms with Crippen LogP contribution in [0.5, 0.6) is 0 Å². The number of rotatable bonds is 5. The van der Waals surface area contributed by atoms with Crippen LogP contribution >= 0.6 is 0 Å². The fraction of sp³-hybridized carbons (Fsp3) is 0.400. The third-order valence-electron chi connectivity index (χ3n) is 6.53. The molecule has 0 bridgehead atoms. The molecule has 1 aromatic heterocycles. The first kappa shape index (κ1) is 19.8. The molecule has 1 saturated carbocycles. The molecule has 1 N–H and O–H groups in total. The number of hydrogen-bond donors (Lipinski definition) is 1. The average molecular weight is 417 g/mol. The highest BCUT2D eigenvalue weighted by atomic mass is 16.2. The van der Waals surface area contributed by atoms with E-state index in [-0.39, 0.29) is 11.8 Å². The highest BCUT2D eigenvalue weighted by Crippen LogP contribution is 2.31. The highest BCUT2D eigenvalue weighted by Gasteiger charge is 2.21. The van der Waals surface area contributed by atoms with E-state index in [2.05, 4.69) is 20.9 Å². The molecule has 2 aromatic carbocycles. The molecule has 1 saturated heterocycles. The standard InChI is InChI=1S/C25H28N4O2/c30-24-10-5-13-28(24)16-18-6-4-7-19(14-18)25(31)27-20-11-12-23-22(15-20)26-17-29(23)21-8-2-1-3-9-21/h4,6-7,11-12,14-15,17,21H,1-3,5,8-10,13,16H2,(H,27,31). The molecule has 6 heteroatoms. The van der Waals surface area contributed by atoms with Crippen molar-refractivity contribution in [3.63, 3.8) is 0 Å². The molecule has 0 unspecified atom stereocenters. The SMILES string of the molecule is O=C(Nc1ccc2c(c1)ncn2C1CCCCC1)c1cccc(CN2CCCC2=O)c1. The Kier molecular flexibility index (Phi) is 5.45. The Morgan fingerprint density at radius 3 is 2.74 bits per heavy atom. The van der Waals surface area contributed by atoms with Crippen molar-refractivity contribution >= 4 is 28.5 Å². The maximum atomic E-state index is 12.8. The van der Waals surface area contributed by atoms with Gasteiger partial charge in [-0.25, -0.2) is 4.98 Å². The van der Waals surface area contributed by atoms with E-state index in [4.69, 9.17) is 0 Å².